The Morgan fingerprint density at radius 1 is 1.25 bits per heavy atom. The van der Waals surface area contributed by atoms with E-state index in [2.05, 4.69) is 10.3 Å². The molecule has 188 valence electrons. The van der Waals surface area contributed by atoms with Crippen molar-refractivity contribution < 1.29 is 9.13 Å². The van der Waals surface area contributed by atoms with Crippen LogP contribution in [0.1, 0.15) is 23.3 Å². The van der Waals surface area contributed by atoms with E-state index in [0.29, 0.717) is 17.2 Å². The molecule has 2 atom stereocenters. The molecular formula is C26H26ClFN4O3S. The lowest BCUT2D eigenvalue weighted by Crippen LogP contribution is -2.37. The van der Waals surface area contributed by atoms with Gasteiger partial charge in [-0.3, -0.25) is 14.3 Å². The molecule has 1 aliphatic rings. The zero-order chi connectivity index (χ0) is 25.4. The van der Waals surface area contributed by atoms with Crippen LogP contribution in [-0.4, -0.2) is 39.5 Å². The minimum absolute atomic E-state index is 0.142. The maximum Gasteiger partial charge on any atom is 0.331 e. The average Bonchev–Trinajstić information content (AvgIpc) is 3.16. The number of halogens is 2. The molecule has 3 aromatic heterocycles. The Hall–Kier alpha value is -3.01. The van der Waals surface area contributed by atoms with Gasteiger partial charge in [-0.05, 0) is 56.1 Å². The highest BCUT2D eigenvalue weighted by Gasteiger charge is 2.27. The molecule has 0 aliphatic carbocycles. The summed E-state index contributed by atoms with van der Waals surface area (Å²) in [5.74, 6) is 0.601. The molecule has 0 radical (unpaired) electrons. The van der Waals surface area contributed by atoms with Gasteiger partial charge in [0, 0.05) is 53.1 Å². The van der Waals surface area contributed by atoms with Crippen LogP contribution < -0.4 is 21.3 Å². The second kappa shape index (κ2) is 10.2. The first-order valence-corrected chi connectivity index (χ1v) is 13.0. The summed E-state index contributed by atoms with van der Waals surface area (Å²) >= 11 is 7.91. The van der Waals surface area contributed by atoms with Crippen LogP contribution in [0.4, 0.5) is 4.39 Å². The van der Waals surface area contributed by atoms with Crippen LogP contribution in [0.2, 0.25) is 5.02 Å². The van der Waals surface area contributed by atoms with Crippen LogP contribution in [0.5, 0.6) is 5.75 Å². The summed E-state index contributed by atoms with van der Waals surface area (Å²) in [5, 5.41) is 3.66. The molecule has 5 rings (SSSR count). The van der Waals surface area contributed by atoms with Crippen molar-refractivity contribution in [2.75, 3.05) is 13.1 Å². The Labute approximate surface area is 216 Å². The topological polar surface area (TPSA) is 78.2 Å². The fourth-order valence-corrected chi connectivity index (χ4v) is 5.95. The van der Waals surface area contributed by atoms with Crippen molar-refractivity contribution in [2.45, 2.75) is 38.6 Å². The Balaban J connectivity index is 1.59. The Kier molecular flexibility index (Phi) is 6.96. The third kappa shape index (κ3) is 4.83. The molecule has 0 amide bonds. The van der Waals surface area contributed by atoms with E-state index in [4.69, 9.17) is 16.3 Å². The highest BCUT2D eigenvalue weighted by Crippen LogP contribution is 2.42. The van der Waals surface area contributed by atoms with Gasteiger partial charge in [0.05, 0.1) is 16.8 Å². The number of nitrogens with one attached hydrogen (secondary N) is 1. The Morgan fingerprint density at radius 3 is 2.92 bits per heavy atom. The van der Waals surface area contributed by atoms with Gasteiger partial charge in [-0.25, -0.2) is 9.18 Å². The summed E-state index contributed by atoms with van der Waals surface area (Å²) in [6.45, 7) is 3.08. The quantitative estimate of drug-likeness (QED) is 0.418. The number of rotatable bonds is 5. The first-order chi connectivity index (χ1) is 17.3. The second-order valence-electron chi connectivity index (χ2n) is 9.04. The van der Waals surface area contributed by atoms with E-state index < -0.39 is 12.3 Å². The number of benzene rings is 1. The van der Waals surface area contributed by atoms with Gasteiger partial charge in [-0.1, -0.05) is 11.6 Å². The van der Waals surface area contributed by atoms with E-state index in [1.807, 2.05) is 31.2 Å². The van der Waals surface area contributed by atoms with Gasteiger partial charge in [-0.2, -0.15) is 0 Å². The summed E-state index contributed by atoms with van der Waals surface area (Å²) in [6.07, 6.45) is 2.94. The smallest absolute Gasteiger partial charge is 0.331 e. The van der Waals surface area contributed by atoms with Crippen molar-refractivity contribution in [2.24, 2.45) is 7.05 Å². The van der Waals surface area contributed by atoms with Crippen LogP contribution in [0, 0.1) is 6.92 Å². The predicted molar refractivity (Wildman–Crippen MR) is 141 cm³/mol. The molecule has 1 fully saturated rings. The maximum absolute atomic E-state index is 14.8. The zero-order valence-electron chi connectivity index (χ0n) is 20.0. The molecule has 0 bridgehead atoms. The van der Waals surface area contributed by atoms with Gasteiger partial charge in [0.1, 0.15) is 18.0 Å². The third-order valence-corrected chi connectivity index (χ3v) is 7.76. The average molecular weight is 529 g/mol. The lowest BCUT2D eigenvalue weighted by Gasteiger charge is -2.24. The molecule has 2 unspecified atom stereocenters. The van der Waals surface area contributed by atoms with Crippen molar-refractivity contribution in [3.63, 3.8) is 0 Å². The lowest BCUT2D eigenvalue weighted by molar-refractivity contribution is 0.100. The number of thiophene rings is 1. The third-order valence-electron chi connectivity index (χ3n) is 6.40. The van der Waals surface area contributed by atoms with Crippen molar-refractivity contribution in [3.8, 4) is 16.9 Å². The van der Waals surface area contributed by atoms with Gasteiger partial charge in [0.25, 0.3) is 5.56 Å². The molecule has 0 spiro atoms. The number of nitrogens with zero attached hydrogens (tertiary/aromatic N) is 3. The fourth-order valence-electron chi connectivity index (χ4n) is 4.54. The predicted octanol–water partition coefficient (Wildman–Crippen LogP) is 4.30. The van der Waals surface area contributed by atoms with Crippen molar-refractivity contribution >= 4 is 33.2 Å². The van der Waals surface area contributed by atoms with Crippen LogP contribution in [-0.2, 0) is 13.6 Å². The standard InChI is InChI=1S/C26H26ClFN4O3S/c1-15-10-16(27)11-19(24(15)35-22-4-3-7-29-13-20(22)28)18-5-8-30-21-12-17(36-25(18)21)14-32-23(33)6-9-31(2)26(32)34/h5-6,8-12,20,22,29H,3-4,7,13-14H2,1-2H3. The molecule has 1 aromatic carbocycles. The monoisotopic (exact) mass is 528 g/mol. The molecule has 7 nitrogen and oxygen atoms in total. The molecule has 1 saturated heterocycles. The molecule has 4 heterocycles. The number of hydrogen-bond acceptors (Lipinski definition) is 6. The summed E-state index contributed by atoms with van der Waals surface area (Å²) in [4.78, 5) is 30.2. The van der Waals surface area contributed by atoms with E-state index in [0.717, 1.165) is 44.7 Å². The fraction of sp³-hybridized carbons (Fsp3) is 0.346. The van der Waals surface area contributed by atoms with Crippen LogP contribution in [0.25, 0.3) is 21.3 Å². The molecular weight excluding hydrogens is 503 g/mol. The summed E-state index contributed by atoms with van der Waals surface area (Å²) in [5.41, 5.74) is 2.43. The van der Waals surface area contributed by atoms with Gasteiger partial charge >= 0.3 is 5.69 Å². The summed E-state index contributed by atoms with van der Waals surface area (Å²) < 4.78 is 24.6. The Morgan fingerprint density at radius 2 is 2.08 bits per heavy atom. The molecule has 36 heavy (non-hydrogen) atoms. The minimum atomic E-state index is -1.12. The zero-order valence-corrected chi connectivity index (χ0v) is 21.5. The molecule has 0 saturated carbocycles. The van der Waals surface area contributed by atoms with Gasteiger partial charge in [0.2, 0.25) is 0 Å². The SMILES string of the molecule is Cc1cc(Cl)cc(-c2ccnc3cc(Cn4c(=O)ccn(C)c4=O)sc23)c1OC1CCCNCC1F. The minimum Gasteiger partial charge on any atom is -0.486 e. The lowest BCUT2D eigenvalue weighted by atomic mass is 10.0. The molecule has 10 heteroatoms. The number of fused-ring (bicyclic) bond motifs is 1. The van der Waals surface area contributed by atoms with Crippen LogP contribution in [0.15, 0.2) is 52.3 Å². The van der Waals surface area contributed by atoms with Crippen molar-refractivity contribution in [1.29, 1.82) is 0 Å². The summed E-state index contributed by atoms with van der Waals surface area (Å²) in [6, 6.07) is 8.79. The number of aryl methyl sites for hydroxylation is 2. The first kappa shape index (κ1) is 24.7. The number of hydrogen-bond donors (Lipinski definition) is 1. The van der Waals surface area contributed by atoms with Gasteiger partial charge in [0.15, 0.2) is 0 Å². The van der Waals surface area contributed by atoms with Crippen LogP contribution >= 0.6 is 22.9 Å². The van der Waals surface area contributed by atoms with E-state index in [9.17, 15) is 14.0 Å². The maximum atomic E-state index is 14.8. The van der Waals surface area contributed by atoms with E-state index >= 15 is 0 Å². The number of ether oxygens (including phenoxy) is 1. The second-order valence-corrected chi connectivity index (χ2v) is 10.6. The number of pyridine rings is 1. The van der Waals surface area contributed by atoms with Gasteiger partial charge in [-0.15, -0.1) is 11.3 Å². The summed E-state index contributed by atoms with van der Waals surface area (Å²) in [7, 11) is 1.61. The van der Waals surface area contributed by atoms with Gasteiger partial charge < -0.3 is 14.6 Å². The highest BCUT2D eigenvalue weighted by atomic mass is 35.5. The normalized spacial score (nSPS) is 18.3. The number of aromatic nitrogens is 3. The number of alkyl halides is 1. The molecule has 1 N–H and O–H groups in total. The molecule has 1 aliphatic heterocycles. The van der Waals surface area contributed by atoms with Crippen molar-refractivity contribution in [1.82, 2.24) is 19.4 Å². The Bertz CT molecular complexity index is 1550. The highest BCUT2D eigenvalue weighted by molar-refractivity contribution is 7.19. The van der Waals surface area contributed by atoms with E-state index in [-0.39, 0.29) is 24.3 Å². The molecule has 4 aromatic rings. The van der Waals surface area contributed by atoms with E-state index in [1.54, 1.807) is 13.2 Å². The largest absolute Gasteiger partial charge is 0.486 e. The first-order valence-electron chi connectivity index (χ1n) is 11.8. The van der Waals surface area contributed by atoms with E-state index in [1.165, 1.54) is 32.7 Å². The van der Waals surface area contributed by atoms with Crippen LogP contribution in [0.3, 0.4) is 0 Å². The van der Waals surface area contributed by atoms with Crippen molar-refractivity contribution in [3.05, 3.63) is 79.0 Å².